The monoisotopic (exact) mass is 359 g/mol. The quantitative estimate of drug-likeness (QED) is 0.768. The van der Waals surface area contributed by atoms with Crippen LogP contribution < -0.4 is 10.2 Å². The zero-order chi connectivity index (χ0) is 18.2. The van der Waals surface area contributed by atoms with Crippen molar-refractivity contribution < 1.29 is 14.0 Å². The topological polar surface area (TPSA) is 40.6 Å². The summed E-state index contributed by atoms with van der Waals surface area (Å²) >= 11 is 6.38. The fourth-order valence-corrected chi connectivity index (χ4v) is 2.81. The van der Waals surface area contributed by atoms with E-state index in [0.29, 0.717) is 10.9 Å². The van der Waals surface area contributed by atoms with E-state index in [0.717, 1.165) is 11.0 Å². The Balaban J connectivity index is 1.76. The molecule has 1 aliphatic heterocycles. The Hall–Kier alpha value is -1.56. The summed E-state index contributed by atoms with van der Waals surface area (Å²) in [5, 5.41) is 0.440. The van der Waals surface area contributed by atoms with E-state index >= 15 is 0 Å². The lowest BCUT2D eigenvalue weighted by Gasteiger charge is -2.32. The number of nitrogens with zero attached hydrogens (tertiary/aromatic N) is 1. The molecule has 0 aliphatic carbocycles. The van der Waals surface area contributed by atoms with Crippen molar-refractivity contribution in [2.24, 2.45) is 0 Å². The molecule has 1 fully saturated rings. The summed E-state index contributed by atoms with van der Waals surface area (Å²) in [7, 11) is -0.490. The van der Waals surface area contributed by atoms with Crippen molar-refractivity contribution in [2.75, 3.05) is 0 Å². The van der Waals surface area contributed by atoms with E-state index < -0.39 is 18.3 Å². The van der Waals surface area contributed by atoms with Gasteiger partial charge in [-0.3, -0.25) is 0 Å². The third-order valence-electron chi connectivity index (χ3n) is 4.91. The number of benzene rings is 1. The average molecular weight is 360 g/mol. The van der Waals surface area contributed by atoms with Crippen LogP contribution in [0.4, 0.5) is 0 Å². The van der Waals surface area contributed by atoms with Crippen LogP contribution in [0.1, 0.15) is 46.3 Å². The van der Waals surface area contributed by atoms with E-state index in [-0.39, 0.29) is 6.10 Å². The van der Waals surface area contributed by atoms with E-state index in [9.17, 15) is 0 Å². The maximum atomic E-state index is 6.38. The molecule has 1 unspecified atom stereocenters. The van der Waals surface area contributed by atoms with Crippen LogP contribution in [-0.2, 0) is 9.31 Å². The van der Waals surface area contributed by atoms with E-state index in [2.05, 4.69) is 4.98 Å². The first-order chi connectivity index (χ1) is 11.7. The zero-order valence-corrected chi connectivity index (χ0v) is 16.0. The molecule has 2 aromatic rings. The molecule has 1 atom stereocenters. The Kier molecular flexibility index (Phi) is 4.84. The Labute approximate surface area is 154 Å². The number of hydrogen-bond donors (Lipinski definition) is 0. The Morgan fingerprint density at radius 2 is 1.68 bits per heavy atom. The van der Waals surface area contributed by atoms with Gasteiger partial charge in [0.2, 0.25) is 5.88 Å². The first-order valence-corrected chi connectivity index (χ1v) is 8.80. The summed E-state index contributed by atoms with van der Waals surface area (Å²) in [6, 6.07) is 11.7. The average Bonchev–Trinajstić information content (AvgIpc) is 2.78. The molecule has 2 heterocycles. The van der Waals surface area contributed by atoms with Crippen molar-refractivity contribution in [3.63, 3.8) is 0 Å². The summed E-state index contributed by atoms with van der Waals surface area (Å²) in [6.07, 6.45) is 1.55. The first kappa shape index (κ1) is 18.2. The second kappa shape index (κ2) is 6.63. The van der Waals surface area contributed by atoms with Crippen molar-refractivity contribution in [1.29, 1.82) is 0 Å². The predicted molar refractivity (Wildman–Crippen MR) is 100 cm³/mol. The summed E-state index contributed by atoms with van der Waals surface area (Å²) < 4.78 is 18.0. The van der Waals surface area contributed by atoms with Crippen LogP contribution in [0.3, 0.4) is 0 Å². The molecular weight excluding hydrogens is 336 g/mol. The fraction of sp³-hybridized carbons (Fsp3) is 0.421. The van der Waals surface area contributed by atoms with Gasteiger partial charge in [-0.15, -0.1) is 0 Å². The van der Waals surface area contributed by atoms with Crippen LogP contribution in [0.15, 0.2) is 42.6 Å². The van der Waals surface area contributed by atoms with Gasteiger partial charge in [0.25, 0.3) is 0 Å². The smallest absolute Gasteiger partial charge is 0.469 e. The van der Waals surface area contributed by atoms with Gasteiger partial charge >= 0.3 is 7.12 Å². The third kappa shape index (κ3) is 3.69. The van der Waals surface area contributed by atoms with Crippen LogP contribution in [0.2, 0.25) is 5.02 Å². The van der Waals surface area contributed by atoms with Crippen LogP contribution in [0.5, 0.6) is 5.88 Å². The molecule has 0 radical (unpaired) electrons. The lowest BCUT2D eigenvalue weighted by Crippen LogP contribution is -2.41. The van der Waals surface area contributed by atoms with Gasteiger partial charge in [0.15, 0.2) is 0 Å². The molecule has 0 saturated carbocycles. The highest BCUT2D eigenvalue weighted by atomic mass is 35.5. The molecule has 0 bridgehead atoms. The minimum Gasteiger partial charge on any atom is -0.469 e. The number of hydrogen-bond acceptors (Lipinski definition) is 4. The van der Waals surface area contributed by atoms with E-state index in [4.69, 9.17) is 25.6 Å². The van der Waals surface area contributed by atoms with E-state index in [1.165, 1.54) is 0 Å². The fourth-order valence-electron chi connectivity index (χ4n) is 2.59. The molecule has 4 nitrogen and oxygen atoms in total. The Bertz CT molecular complexity index is 736. The predicted octanol–water partition coefficient (Wildman–Crippen LogP) is 4.17. The molecular formula is C19H23BClNO3. The summed E-state index contributed by atoms with van der Waals surface area (Å²) in [4.78, 5) is 4.37. The van der Waals surface area contributed by atoms with Crippen molar-refractivity contribution >= 4 is 24.2 Å². The minimum absolute atomic E-state index is 0.145. The molecule has 1 aromatic heterocycles. The highest BCUT2D eigenvalue weighted by Crippen LogP contribution is 2.37. The molecule has 3 rings (SSSR count). The largest absolute Gasteiger partial charge is 0.496 e. The number of halogens is 1. The molecule has 1 saturated heterocycles. The maximum absolute atomic E-state index is 6.38. The van der Waals surface area contributed by atoms with Gasteiger partial charge in [-0.05, 0) is 46.2 Å². The van der Waals surface area contributed by atoms with Crippen LogP contribution in [0.25, 0.3) is 0 Å². The van der Waals surface area contributed by atoms with Gasteiger partial charge in [-0.25, -0.2) is 4.98 Å². The van der Waals surface area contributed by atoms with Crippen molar-refractivity contribution in [2.45, 2.75) is 51.9 Å². The van der Waals surface area contributed by atoms with Gasteiger partial charge in [0.05, 0.1) is 11.2 Å². The number of pyridine rings is 1. The zero-order valence-electron chi connectivity index (χ0n) is 15.2. The van der Waals surface area contributed by atoms with Gasteiger partial charge < -0.3 is 14.0 Å². The molecule has 132 valence electrons. The Morgan fingerprint density at radius 3 is 2.24 bits per heavy atom. The normalized spacial score (nSPS) is 19.7. The lowest BCUT2D eigenvalue weighted by atomic mass is 9.80. The highest BCUT2D eigenvalue weighted by Gasteiger charge is 2.51. The maximum Gasteiger partial charge on any atom is 0.496 e. The molecule has 25 heavy (non-hydrogen) atoms. The number of aromatic nitrogens is 1. The molecule has 6 heteroatoms. The second-order valence-electron chi connectivity index (χ2n) is 7.31. The lowest BCUT2D eigenvalue weighted by molar-refractivity contribution is 0.00578. The van der Waals surface area contributed by atoms with Gasteiger partial charge in [0.1, 0.15) is 11.1 Å². The third-order valence-corrected chi connectivity index (χ3v) is 5.18. The van der Waals surface area contributed by atoms with Crippen molar-refractivity contribution in [1.82, 2.24) is 4.98 Å². The standard InChI is InChI=1S/C19H23BClNO3/c1-13(14-9-7-6-8-10-14)23-17-16(21)11-15(12-22-17)20-24-18(2,3)19(4,5)25-20/h6-13H,1-5H3. The number of ether oxygens (including phenoxy) is 1. The highest BCUT2D eigenvalue weighted by molar-refractivity contribution is 6.62. The second-order valence-corrected chi connectivity index (χ2v) is 7.72. The van der Waals surface area contributed by atoms with Crippen LogP contribution in [-0.4, -0.2) is 23.3 Å². The van der Waals surface area contributed by atoms with Crippen molar-refractivity contribution in [3.8, 4) is 5.88 Å². The van der Waals surface area contributed by atoms with Gasteiger partial charge in [0, 0.05) is 11.7 Å². The molecule has 0 spiro atoms. The van der Waals surface area contributed by atoms with Crippen molar-refractivity contribution in [3.05, 3.63) is 53.2 Å². The van der Waals surface area contributed by atoms with Crippen LogP contribution in [0, 0.1) is 0 Å². The molecule has 1 aromatic carbocycles. The summed E-state index contributed by atoms with van der Waals surface area (Å²) in [6.45, 7) is 10.0. The molecule has 1 aliphatic rings. The first-order valence-electron chi connectivity index (χ1n) is 8.42. The molecule has 0 N–H and O–H groups in total. The SMILES string of the molecule is CC(Oc1ncc(B2OC(C)(C)C(C)(C)O2)cc1Cl)c1ccccc1. The van der Waals surface area contributed by atoms with E-state index in [1.54, 1.807) is 12.3 Å². The van der Waals surface area contributed by atoms with Gasteiger partial charge in [-0.1, -0.05) is 41.9 Å². The number of rotatable bonds is 4. The van der Waals surface area contributed by atoms with Gasteiger partial charge in [-0.2, -0.15) is 0 Å². The Morgan fingerprint density at radius 1 is 1.08 bits per heavy atom. The van der Waals surface area contributed by atoms with E-state index in [1.807, 2.05) is 65.0 Å². The summed E-state index contributed by atoms with van der Waals surface area (Å²) in [5.41, 5.74) is 1.04. The molecule has 0 amide bonds. The van der Waals surface area contributed by atoms with Crippen LogP contribution >= 0.6 is 11.6 Å². The minimum atomic E-state index is -0.490. The summed E-state index contributed by atoms with van der Waals surface area (Å²) in [5.74, 6) is 0.401.